The van der Waals surface area contributed by atoms with Crippen molar-refractivity contribution in [2.24, 2.45) is 0 Å². The van der Waals surface area contributed by atoms with Crippen LogP contribution >= 0.6 is 11.6 Å². The van der Waals surface area contributed by atoms with Gasteiger partial charge in [0.25, 0.3) is 0 Å². The lowest BCUT2D eigenvalue weighted by Gasteiger charge is -2.34. The van der Waals surface area contributed by atoms with Crippen molar-refractivity contribution in [2.75, 3.05) is 44.8 Å². The molecule has 33 heavy (non-hydrogen) atoms. The molecular weight excluding hydrogens is 473 g/mol. The lowest BCUT2D eigenvalue weighted by molar-refractivity contribution is -0.135. The number of aromatic nitrogens is 1. The number of nitrogens with zero attached hydrogens (tertiary/aromatic N) is 3. The Bertz CT molecular complexity index is 1260. The zero-order valence-corrected chi connectivity index (χ0v) is 19.3. The predicted molar refractivity (Wildman–Crippen MR) is 119 cm³/mol. The molecule has 0 bridgehead atoms. The van der Waals surface area contributed by atoms with Crippen molar-refractivity contribution < 1.29 is 26.8 Å². The maximum atomic E-state index is 14.4. The lowest BCUT2D eigenvalue weighted by atomic mass is 10.2. The molecule has 0 saturated carbocycles. The Hall–Kier alpha value is -2.95. The first-order valence-corrected chi connectivity index (χ1v) is 12.0. The molecule has 0 spiro atoms. The highest BCUT2D eigenvalue weighted by Crippen LogP contribution is 2.36. The smallest absolute Gasteiger partial charge is 0.248 e. The van der Waals surface area contributed by atoms with Crippen LogP contribution in [0.25, 0.3) is 11.5 Å². The quantitative estimate of drug-likeness (QED) is 0.520. The molecular formula is C22H21ClFN3O5S. The molecule has 1 aliphatic heterocycles. The van der Waals surface area contributed by atoms with Gasteiger partial charge < -0.3 is 19.0 Å². The number of ether oxygens (including phenoxy) is 1. The van der Waals surface area contributed by atoms with Crippen LogP contribution in [0.4, 0.5) is 10.3 Å². The van der Waals surface area contributed by atoms with Crippen LogP contribution in [0.3, 0.4) is 0 Å². The minimum Gasteiger partial charge on any atom is -0.419 e. The van der Waals surface area contributed by atoms with E-state index in [4.69, 9.17) is 20.8 Å². The maximum Gasteiger partial charge on any atom is 0.248 e. The molecule has 1 fully saturated rings. The van der Waals surface area contributed by atoms with Gasteiger partial charge in [-0.15, -0.1) is 0 Å². The SMILES string of the molecule is COCC(=O)N1CCN(c2oc(-c3ccccc3F)nc2S(=O)(=O)c2ccc(Cl)cc2)CC1. The molecule has 1 aromatic heterocycles. The Morgan fingerprint density at radius 3 is 2.42 bits per heavy atom. The normalized spacial score (nSPS) is 14.5. The fourth-order valence-electron chi connectivity index (χ4n) is 3.52. The zero-order chi connectivity index (χ0) is 23.6. The van der Waals surface area contributed by atoms with Crippen LogP contribution in [0.5, 0.6) is 0 Å². The second kappa shape index (κ2) is 9.50. The van der Waals surface area contributed by atoms with E-state index >= 15 is 0 Å². The van der Waals surface area contributed by atoms with E-state index in [2.05, 4.69) is 4.98 Å². The van der Waals surface area contributed by atoms with E-state index in [0.717, 1.165) is 0 Å². The number of sulfone groups is 1. The fourth-order valence-corrected chi connectivity index (χ4v) is 4.97. The van der Waals surface area contributed by atoms with Gasteiger partial charge in [-0.2, -0.15) is 4.98 Å². The average Bonchev–Trinajstić information content (AvgIpc) is 3.26. The number of benzene rings is 2. The lowest BCUT2D eigenvalue weighted by Crippen LogP contribution is -2.49. The van der Waals surface area contributed by atoms with Crippen molar-refractivity contribution in [3.63, 3.8) is 0 Å². The van der Waals surface area contributed by atoms with Crippen molar-refractivity contribution in [3.8, 4) is 11.5 Å². The Labute approximate surface area is 195 Å². The van der Waals surface area contributed by atoms with Crippen molar-refractivity contribution in [3.05, 3.63) is 59.4 Å². The van der Waals surface area contributed by atoms with Gasteiger partial charge in [-0.3, -0.25) is 4.79 Å². The maximum absolute atomic E-state index is 14.4. The third-order valence-corrected chi connectivity index (χ3v) is 7.17. The van der Waals surface area contributed by atoms with Crippen molar-refractivity contribution in [1.29, 1.82) is 0 Å². The Balaban J connectivity index is 1.74. The van der Waals surface area contributed by atoms with E-state index in [9.17, 15) is 17.6 Å². The molecule has 1 saturated heterocycles. The number of hydrogen-bond acceptors (Lipinski definition) is 7. The first kappa shape index (κ1) is 23.2. The second-order valence-corrected chi connectivity index (χ2v) is 9.67. The number of anilines is 1. The van der Waals surface area contributed by atoms with E-state index in [1.54, 1.807) is 15.9 Å². The molecule has 0 N–H and O–H groups in total. The van der Waals surface area contributed by atoms with Crippen LogP contribution in [0.15, 0.2) is 62.9 Å². The Kier molecular flexibility index (Phi) is 6.68. The van der Waals surface area contributed by atoms with Crippen LogP contribution in [-0.4, -0.2) is 64.1 Å². The number of hydrogen-bond donors (Lipinski definition) is 0. The van der Waals surface area contributed by atoms with Crippen LogP contribution in [0.2, 0.25) is 5.02 Å². The molecule has 4 rings (SSSR count). The van der Waals surface area contributed by atoms with Crippen molar-refractivity contribution in [2.45, 2.75) is 9.92 Å². The molecule has 11 heteroatoms. The van der Waals surface area contributed by atoms with E-state index in [-0.39, 0.29) is 39.8 Å². The number of amides is 1. The number of carbonyl (C=O) groups excluding carboxylic acids is 1. The summed E-state index contributed by atoms with van der Waals surface area (Å²) in [6.07, 6.45) is 0. The molecule has 0 unspecified atom stereocenters. The summed E-state index contributed by atoms with van der Waals surface area (Å²) in [5.41, 5.74) is 0.0465. The van der Waals surface area contributed by atoms with E-state index in [1.807, 2.05) is 0 Å². The summed E-state index contributed by atoms with van der Waals surface area (Å²) in [5, 5.41) is 0.0676. The van der Waals surface area contributed by atoms with Crippen LogP contribution in [0.1, 0.15) is 0 Å². The number of methoxy groups -OCH3 is 1. The Morgan fingerprint density at radius 2 is 1.79 bits per heavy atom. The molecule has 0 aliphatic carbocycles. The molecule has 0 radical (unpaired) electrons. The summed E-state index contributed by atoms with van der Waals surface area (Å²) in [5.74, 6) is -0.887. The summed E-state index contributed by atoms with van der Waals surface area (Å²) in [6.45, 7) is 1.28. The number of piperazine rings is 1. The molecule has 174 valence electrons. The molecule has 1 amide bonds. The third kappa shape index (κ3) is 4.73. The summed E-state index contributed by atoms with van der Waals surface area (Å²) < 4.78 is 52.0. The van der Waals surface area contributed by atoms with Gasteiger partial charge in [0.1, 0.15) is 12.4 Å². The predicted octanol–water partition coefficient (Wildman–Crippen LogP) is 3.26. The van der Waals surface area contributed by atoms with E-state index in [0.29, 0.717) is 31.2 Å². The van der Waals surface area contributed by atoms with Crippen molar-refractivity contribution in [1.82, 2.24) is 9.88 Å². The van der Waals surface area contributed by atoms with Crippen LogP contribution < -0.4 is 4.90 Å². The highest BCUT2D eigenvalue weighted by atomic mass is 35.5. The number of rotatable bonds is 6. The van der Waals surface area contributed by atoms with Crippen LogP contribution in [-0.2, 0) is 19.4 Å². The first-order chi connectivity index (χ1) is 15.8. The molecule has 0 atom stereocenters. The molecule has 3 aromatic rings. The summed E-state index contributed by atoms with van der Waals surface area (Å²) >= 11 is 5.90. The standard InChI is InChI=1S/C22H21ClFN3O5S/c1-31-14-19(28)26-10-12-27(13-11-26)22-21(33(29,30)16-8-6-15(23)7-9-16)25-20(32-22)17-4-2-3-5-18(17)24/h2-9H,10-14H2,1H3. The average molecular weight is 494 g/mol. The van der Waals surface area contributed by atoms with Gasteiger partial charge in [0.15, 0.2) is 0 Å². The molecule has 8 nitrogen and oxygen atoms in total. The number of halogens is 2. The highest BCUT2D eigenvalue weighted by molar-refractivity contribution is 7.91. The molecule has 2 aromatic carbocycles. The summed E-state index contributed by atoms with van der Waals surface area (Å²) in [7, 11) is -2.66. The van der Waals surface area contributed by atoms with E-state index in [1.165, 1.54) is 49.6 Å². The second-order valence-electron chi connectivity index (χ2n) is 7.37. The third-order valence-electron chi connectivity index (χ3n) is 5.25. The van der Waals surface area contributed by atoms with Gasteiger partial charge in [0.2, 0.25) is 32.5 Å². The number of carbonyl (C=O) groups is 1. The topological polar surface area (TPSA) is 92.9 Å². The fraction of sp³-hybridized carbons (Fsp3) is 0.273. The van der Waals surface area contributed by atoms with Gasteiger partial charge in [-0.1, -0.05) is 23.7 Å². The summed E-state index contributed by atoms with van der Waals surface area (Å²) in [4.78, 5) is 19.6. The Morgan fingerprint density at radius 1 is 1.12 bits per heavy atom. The van der Waals surface area contributed by atoms with Gasteiger partial charge in [-0.25, -0.2) is 12.8 Å². The van der Waals surface area contributed by atoms with Gasteiger partial charge in [-0.05, 0) is 36.4 Å². The van der Waals surface area contributed by atoms with Gasteiger partial charge >= 0.3 is 0 Å². The minimum absolute atomic E-state index is 0.00189. The zero-order valence-electron chi connectivity index (χ0n) is 17.7. The monoisotopic (exact) mass is 493 g/mol. The minimum atomic E-state index is -4.10. The van der Waals surface area contributed by atoms with E-state index < -0.39 is 15.7 Å². The summed E-state index contributed by atoms with van der Waals surface area (Å²) in [6, 6.07) is 11.5. The number of oxazole rings is 1. The van der Waals surface area contributed by atoms with Crippen molar-refractivity contribution >= 4 is 33.2 Å². The molecule has 1 aliphatic rings. The largest absolute Gasteiger partial charge is 0.419 e. The first-order valence-electron chi connectivity index (χ1n) is 10.1. The van der Waals surface area contributed by atoms with Gasteiger partial charge in [0, 0.05) is 38.3 Å². The van der Waals surface area contributed by atoms with Crippen LogP contribution in [0, 0.1) is 5.82 Å². The van der Waals surface area contributed by atoms with Gasteiger partial charge in [0.05, 0.1) is 10.5 Å². The molecule has 2 heterocycles. The highest BCUT2D eigenvalue weighted by Gasteiger charge is 2.33.